The lowest BCUT2D eigenvalue weighted by Crippen LogP contribution is -2.39. The maximum absolute atomic E-state index is 14.7. The molecule has 198 valence electrons. The molecule has 2 atom stereocenters. The van der Waals surface area contributed by atoms with E-state index >= 15 is 0 Å². The van der Waals surface area contributed by atoms with Gasteiger partial charge in [0.25, 0.3) is 0 Å². The van der Waals surface area contributed by atoms with Gasteiger partial charge in [-0.1, -0.05) is 6.58 Å². The number of rotatable bonds is 9. The van der Waals surface area contributed by atoms with Crippen molar-refractivity contribution < 1.29 is 19.0 Å². The van der Waals surface area contributed by atoms with Gasteiger partial charge >= 0.3 is 0 Å². The monoisotopic (exact) mass is 528 g/mol. The van der Waals surface area contributed by atoms with E-state index in [0.29, 0.717) is 73.6 Å². The van der Waals surface area contributed by atoms with Crippen LogP contribution in [0.4, 0.5) is 10.2 Å². The second-order valence-corrected chi connectivity index (χ2v) is 10.5. The molecule has 3 N–H and O–H groups in total. The van der Waals surface area contributed by atoms with Crippen LogP contribution in [-0.4, -0.2) is 77.5 Å². The number of anilines is 1. The quantitative estimate of drug-likeness (QED) is 0.423. The number of carbonyl (C=O) groups is 1. The molecule has 4 rings (SSSR count). The van der Waals surface area contributed by atoms with Crippen molar-refractivity contribution in [3.8, 4) is 0 Å². The summed E-state index contributed by atoms with van der Waals surface area (Å²) >= 11 is 1.48. The lowest BCUT2D eigenvalue weighted by atomic mass is 9.93. The van der Waals surface area contributed by atoms with Gasteiger partial charge in [-0.15, -0.1) is 11.8 Å². The highest BCUT2D eigenvalue weighted by Gasteiger charge is 2.41. The van der Waals surface area contributed by atoms with Crippen LogP contribution in [0.1, 0.15) is 26.0 Å². The summed E-state index contributed by atoms with van der Waals surface area (Å²) in [5.41, 5.74) is 1.13. The zero-order chi connectivity index (χ0) is 26.6. The van der Waals surface area contributed by atoms with Crippen LogP contribution in [0.15, 0.2) is 62.6 Å². The fourth-order valence-electron chi connectivity index (χ4n) is 4.63. The Morgan fingerprint density at radius 1 is 1.51 bits per heavy atom. The molecule has 0 aliphatic carbocycles. The van der Waals surface area contributed by atoms with Gasteiger partial charge in [-0.3, -0.25) is 14.7 Å². The van der Waals surface area contributed by atoms with E-state index < -0.39 is 11.4 Å². The number of thioether (sulfide) groups is 1. The van der Waals surface area contributed by atoms with Gasteiger partial charge in [0, 0.05) is 44.2 Å². The third kappa shape index (κ3) is 6.53. The van der Waals surface area contributed by atoms with E-state index in [1.54, 1.807) is 13.0 Å². The number of ether oxygens (including phenoxy) is 1. The molecular formula is C26H33FN6O3S. The predicted octanol–water partition coefficient (Wildman–Crippen LogP) is 3.06. The van der Waals surface area contributed by atoms with Crippen LogP contribution in [0.2, 0.25) is 0 Å². The van der Waals surface area contributed by atoms with Gasteiger partial charge in [0.1, 0.15) is 11.6 Å². The van der Waals surface area contributed by atoms with E-state index in [1.165, 1.54) is 25.1 Å². The number of fused-ring (bicyclic) bond motifs is 1. The third-order valence-electron chi connectivity index (χ3n) is 6.67. The van der Waals surface area contributed by atoms with Crippen LogP contribution in [0.3, 0.4) is 0 Å². The molecule has 3 aliphatic rings. The summed E-state index contributed by atoms with van der Waals surface area (Å²) in [5, 5.41) is 17.3. The van der Waals surface area contributed by atoms with Crippen molar-refractivity contribution in [2.24, 2.45) is 15.9 Å². The zero-order valence-electron chi connectivity index (χ0n) is 21.4. The van der Waals surface area contributed by atoms with Crippen molar-refractivity contribution in [3.63, 3.8) is 0 Å². The van der Waals surface area contributed by atoms with Crippen LogP contribution in [-0.2, 0) is 16.1 Å². The van der Waals surface area contributed by atoms with Gasteiger partial charge in [-0.05, 0) is 38.5 Å². The standard InChI is InChI=1S/C26H33FN6O3S/c1-5-23(36-4)32-24-16(2)29-12-20(27)19(24)8-9-33-13-17(26(3,35)15-33)10-28-11-18-6-7-21-25(30-18)31-22(34)14-37-21/h5-7,12,17,28,35H,2,8-11,13-15H2,1,3-4H3,(H,30,31,34)/b23-5+,32-24+. The highest BCUT2D eigenvalue weighted by atomic mass is 32.2. The average molecular weight is 529 g/mol. The average Bonchev–Trinajstić information content (AvgIpc) is 3.16. The summed E-state index contributed by atoms with van der Waals surface area (Å²) in [6, 6.07) is 3.92. The predicted molar refractivity (Wildman–Crippen MR) is 144 cm³/mol. The van der Waals surface area contributed by atoms with Gasteiger partial charge in [-0.25, -0.2) is 14.4 Å². The Morgan fingerprint density at radius 3 is 3.08 bits per heavy atom. The van der Waals surface area contributed by atoms with Gasteiger partial charge < -0.3 is 20.5 Å². The number of likely N-dealkylation sites (tertiary alicyclic amines) is 1. The summed E-state index contributed by atoms with van der Waals surface area (Å²) in [6.07, 6.45) is 3.26. The molecule has 11 heteroatoms. The number of β-amino-alcohol motifs (C(OH)–C–C–N with tert-alkyl or cyclic N) is 1. The number of aliphatic imine (C=N–C) groups is 2. The topological polar surface area (TPSA) is 111 Å². The number of aromatic nitrogens is 1. The minimum Gasteiger partial charge on any atom is -0.481 e. The van der Waals surface area contributed by atoms with Crippen molar-refractivity contribution >= 4 is 35.4 Å². The molecule has 2 unspecified atom stereocenters. The Labute approximate surface area is 220 Å². The largest absolute Gasteiger partial charge is 0.481 e. The molecule has 1 fully saturated rings. The number of pyridine rings is 1. The molecular weight excluding hydrogens is 495 g/mol. The summed E-state index contributed by atoms with van der Waals surface area (Å²) in [5.74, 6) is 0.878. The first-order chi connectivity index (χ1) is 17.7. The molecule has 1 aromatic rings. The SMILES string of the molecule is C=C1N=CC(F)=C(CCN2CC(CNCc3ccc4c(n3)NC(=O)CS4)C(C)(O)C2)/C1=N/C(=C\C)OC. The Hall–Kier alpha value is -2.86. The molecule has 1 amide bonds. The third-order valence-corrected chi connectivity index (χ3v) is 7.72. The van der Waals surface area contributed by atoms with Crippen molar-refractivity contribution in [2.75, 3.05) is 44.4 Å². The summed E-state index contributed by atoms with van der Waals surface area (Å²) in [7, 11) is 1.51. The van der Waals surface area contributed by atoms with E-state index in [2.05, 4.69) is 37.1 Å². The van der Waals surface area contributed by atoms with Crippen LogP contribution >= 0.6 is 11.8 Å². The summed E-state index contributed by atoms with van der Waals surface area (Å²) in [6.45, 7) is 10.3. The molecule has 0 aromatic carbocycles. The maximum atomic E-state index is 14.7. The van der Waals surface area contributed by atoms with Crippen molar-refractivity contribution in [3.05, 3.63) is 53.5 Å². The van der Waals surface area contributed by atoms with Crippen LogP contribution in [0.25, 0.3) is 0 Å². The highest BCUT2D eigenvalue weighted by Crippen LogP contribution is 2.31. The molecule has 1 aromatic heterocycles. The molecule has 4 heterocycles. The van der Waals surface area contributed by atoms with Crippen LogP contribution in [0.5, 0.6) is 0 Å². The number of allylic oxidation sites excluding steroid dienone is 3. The number of carbonyl (C=O) groups excluding carboxylic acids is 1. The normalized spacial score (nSPS) is 25.6. The van der Waals surface area contributed by atoms with E-state index in [9.17, 15) is 14.3 Å². The van der Waals surface area contributed by atoms with Gasteiger partial charge in [-0.2, -0.15) is 0 Å². The minimum absolute atomic E-state index is 0.0154. The van der Waals surface area contributed by atoms with Crippen molar-refractivity contribution in [1.29, 1.82) is 0 Å². The molecule has 9 nitrogen and oxygen atoms in total. The number of nitrogens with one attached hydrogen (secondary N) is 2. The van der Waals surface area contributed by atoms with Crippen molar-refractivity contribution in [2.45, 2.75) is 37.3 Å². The fraction of sp³-hybridized carbons (Fsp3) is 0.462. The molecule has 0 spiro atoms. The van der Waals surface area contributed by atoms with E-state index in [0.717, 1.165) is 10.6 Å². The molecule has 0 bridgehead atoms. The van der Waals surface area contributed by atoms with E-state index in [-0.39, 0.29) is 11.8 Å². The Balaban J connectivity index is 1.34. The number of methoxy groups -OCH3 is 1. The fourth-order valence-corrected chi connectivity index (χ4v) is 5.38. The Bertz CT molecular complexity index is 1190. The Morgan fingerprint density at radius 2 is 2.32 bits per heavy atom. The zero-order valence-corrected chi connectivity index (χ0v) is 22.2. The number of hydrogen-bond donors (Lipinski definition) is 3. The van der Waals surface area contributed by atoms with Crippen LogP contribution < -0.4 is 10.6 Å². The van der Waals surface area contributed by atoms with Gasteiger partial charge in [0.2, 0.25) is 11.8 Å². The van der Waals surface area contributed by atoms with Gasteiger partial charge in [0.15, 0.2) is 0 Å². The lowest BCUT2D eigenvalue weighted by Gasteiger charge is -2.24. The smallest absolute Gasteiger partial charge is 0.235 e. The number of nitrogens with zero attached hydrogens (tertiary/aromatic N) is 4. The van der Waals surface area contributed by atoms with E-state index in [1.807, 2.05) is 19.1 Å². The number of hydrogen-bond acceptors (Lipinski definition) is 9. The first kappa shape index (κ1) is 27.2. The molecule has 0 radical (unpaired) electrons. The first-order valence-electron chi connectivity index (χ1n) is 12.2. The Kier molecular flexibility index (Phi) is 8.58. The van der Waals surface area contributed by atoms with Crippen molar-refractivity contribution in [1.82, 2.24) is 15.2 Å². The summed E-state index contributed by atoms with van der Waals surface area (Å²) in [4.78, 5) is 27.7. The molecule has 1 saturated heterocycles. The molecule has 0 saturated carbocycles. The summed E-state index contributed by atoms with van der Waals surface area (Å²) < 4.78 is 19.9. The number of aliphatic hydroxyl groups is 1. The first-order valence-corrected chi connectivity index (χ1v) is 13.2. The highest BCUT2D eigenvalue weighted by molar-refractivity contribution is 8.00. The maximum Gasteiger partial charge on any atom is 0.235 e. The number of dihydropyridines is 1. The van der Waals surface area contributed by atoms with Crippen LogP contribution in [0, 0.1) is 5.92 Å². The number of halogens is 1. The second kappa shape index (κ2) is 11.7. The van der Waals surface area contributed by atoms with E-state index in [4.69, 9.17) is 4.74 Å². The minimum atomic E-state index is -0.892. The van der Waals surface area contributed by atoms with Gasteiger partial charge in [0.05, 0.1) is 46.7 Å². The number of amides is 1. The molecule has 37 heavy (non-hydrogen) atoms. The lowest BCUT2D eigenvalue weighted by molar-refractivity contribution is -0.113. The molecule has 3 aliphatic heterocycles. The second-order valence-electron chi connectivity index (χ2n) is 9.48.